The zero-order valence-corrected chi connectivity index (χ0v) is 15.2. The summed E-state index contributed by atoms with van der Waals surface area (Å²) < 4.78 is 34.6. The Kier molecular flexibility index (Phi) is 6.73. The van der Waals surface area contributed by atoms with Crippen LogP contribution < -0.4 is 0 Å². The summed E-state index contributed by atoms with van der Waals surface area (Å²) in [7, 11) is -2.81. The van der Waals surface area contributed by atoms with E-state index in [1.54, 1.807) is 12.1 Å². The van der Waals surface area contributed by atoms with Crippen molar-refractivity contribution in [2.24, 2.45) is 0 Å². The fourth-order valence-corrected chi connectivity index (χ4v) is 3.45. The molecular weight excluding hydrogens is 340 g/mol. The second-order valence-electron chi connectivity index (χ2n) is 5.75. The van der Waals surface area contributed by atoms with Crippen molar-refractivity contribution in [1.82, 2.24) is 0 Å². The van der Waals surface area contributed by atoms with Crippen LogP contribution in [0.25, 0.3) is 0 Å². The fourth-order valence-electron chi connectivity index (χ4n) is 2.39. The Morgan fingerprint density at radius 1 is 1.04 bits per heavy atom. The van der Waals surface area contributed by atoms with Crippen molar-refractivity contribution in [2.75, 3.05) is 7.11 Å². The summed E-state index contributed by atoms with van der Waals surface area (Å²) in [6, 6.07) is 16.0. The Labute approximate surface area is 148 Å². The van der Waals surface area contributed by atoms with Crippen LogP contribution in [0.3, 0.4) is 0 Å². The quantitative estimate of drug-likeness (QED) is 0.532. The molecule has 25 heavy (non-hydrogen) atoms. The van der Waals surface area contributed by atoms with E-state index >= 15 is 0 Å². The first kappa shape index (κ1) is 19.1. The third-order valence-electron chi connectivity index (χ3n) is 3.79. The van der Waals surface area contributed by atoms with Gasteiger partial charge in [-0.3, -0.25) is 4.18 Å². The lowest BCUT2D eigenvalue weighted by Crippen LogP contribution is -2.28. The van der Waals surface area contributed by atoms with Crippen LogP contribution in [0.2, 0.25) is 0 Å². The minimum atomic E-state index is -4.03. The van der Waals surface area contributed by atoms with E-state index in [-0.39, 0.29) is 11.3 Å². The van der Waals surface area contributed by atoms with Gasteiger partial charge in [-0.05, 0) is 43.9 Å². The van der Waals surface area contributed by atoms with Crippen LogP contribution in [0.1, 0.15) is 24.0 Å². The van der Waals surface area contributed by atoms with Crippen LogP contribution in [-0.2, 0) is 30.3 Å². The summed E-state index contributed by atoms with van der Waals surface area (Å²) in [4.78, 5) is 11.9. The molecule has 0 heterocycles. The molecule has 0 spiro atoms. The minimum absolute atomic E-state index is 0.0232. The second kappa shape index (κ2) is 8.78. The molecule has 0 unspecified atom stereocenters. The van der Waals surface area contributed by atoms with Crippen LogP contribution in [0.5, 0.6) is 0 Å². The standard InChI is InChI=1S/C19H22O5S/c1-15-11-13-17(14-12-15)25(21,22)24-18(19(20)23-2)10-6-9-16-7-4-3-5-8-16/h3-5,7-8,11-14,18H,6,9-10H2,1-2H3/t18-/m1/s1. The summed E-state index contributed by atoms with van der Waals surface area (Å²) >= 11 is 0. The van der Waals surface area contributed by atoms with Gasteiger partial charge in [-0.1, -0.05) is 48.0 Å². The van der Waals surface area contributed by atoms with Gasteiger partial charge in [0.25, 0.3) is 10.1 Å². The molecule has 0 amide bonds. The second-order valence-corrected chi connectivity index (χ2v) is 7.33. The molecule has 0 aliphatic carbocycles. The maximum Gasteiger partial charge on any atom is 0.336 e. The summed E-state index contributed by atoms with van der Waals surface area (Å²) in [5.74, 6) is -0.691. The fraction of sp³-hybridized carbons (Fsp3) is 0.316. The van der Waals surface area contributed by atoms with E-state index in [1.807, 2.05) is 37.3 Å². The van der Waals surface area contributed by atoms with Crippen molar-refractivity contribution in [1.29, 1.82) is 0 Å². The van der Waals surface area contributed by atoms with Gasteiger partial charge >= 0.3 is 5.97 Å². The Morgan fingerprint density at radius 2 is 1.68 bits per heavy atom. The molecule has 2 aromatic rings. The summed E-state index contributed by atoms with van der Waals surface area (Å²) in [6.07, 6.45) is 0.433. The summed E-state index contributed by atoms with van der Waals surface area (Å²) in [5.41, 5.74) is 2.05. The van der Waals surface area contributed by atoms with E-state index in [9.17, 15) is 13.2 Å². The third-order valence-corrected chi connectivity index (χ3v) is 5.13. The molecule has 6 heteroatoms. The Bertz CT molecular complexity index is 782. The molecule has 134 valence electrons. The Hall–Kier alpha value is -2.18. The lowest BCUT2D eigenvalue weighted by molar-refractivity contribution is -0.149. The minimum Gasteiger partial charge on any atom is -0.467 e. The average molecular weight is 362 g/mol. The van der Waals surface area contributed by atoms with Gasteiger partial charge in [0.05, 0.1) is 12.0 Å². The van der Waals surface area contributed by atoms with Crippen LogP contribution in [0.4, 0.5) is 0 Å². The van der Waals surface area contributed by atoms with Crippen LogP contribution in [-0.4, -0.2) is 27.6 Å². The number of carbonyl (C=O) groups is 1. The smallest absolute Gasteiger partial charge is 0.336 e. The maximum absolute atomic E-state index is 12.4. The van der Waals surface area contributed by atoms with E-state index in [0.717, 1.165) is 17.5 Å². The van der Waals surface area contributed by atoms with Crippen molar-refractivity contribution in [3.05, 3.63) is 65.7 Å². The molecule has 5 nitrogen and oxygen atoms in total. The van der Waals surface area contributed by atoms with Crippen LogP contribution in [0.15, 0.2) is 59.5 Å². The molecule has 0 saturated carbocycles. The zero-order chi connectivity index (χ0) is 18.3. The van der Waals surface area contributed by atoms with Crippen molar-refractivity contribution < 1.29 is 22.1 Å². The first-order chi connectivity index (χ1) is 11.9. The van der Waals surface area contributed by atoms with Gasteiger partial charge in [0.15, 0.2) is 6.10 Å². The lowest BCUT2D eigenvalue weighted by atomic mass is 10.1. The van der Waals surface area contributed by atoms with E-state index in [1.165, 1.54) is 19.2 Å². The predicted octanol–water partition coefficient (Wildman–Crippen LogP) is 3.26. The first-order valence-electron chi connectivity index (χ1n) is 8.04. The number of rotatable bonds is 8. The maximum atomic E-state index is 12.4. The molecule has 0 radical (unpaired) electrons. The summed E-state index contributed by atoms with van der Waals surface area (Å²) in [6.45, 7) is 1.86. The van der Waals surface area contributed by atoms with Gasteiger partial charge in [-0.15, -0.1) is 0 Å². The SMILES string of the molecule is COC(=O)[C@@H](CCCc1ccccc1)OS(=O)(=O)c1ccc(C)cc1. The first-order valence-corrected chi connectivity index (χ1v) is 9.45. The molecule has 1 atom stereocenters. The molecule has 0 aliphatic rings. The number of benzene rings is 2. The molecule has 0 fully saturated rings. The molecule has 2 rings (SSSR count). The molecule has 0 saturated heterocycles. The molecule has 0 aromatic heterocycles. The highest BCUT2D eigenvalue weighted by atomic mass is 32.2. The highest BCUT2D eigenvalue weighted by Crippen LogP contribution is 2.18. The predicted molar refractivity (Wildman–Crippen MR) is 94.6 cm³/mol. The number of carbonyl (C=O) groups excluding carboxylic acids is 1. The van der Waals surface area contributed by atoms with Crippen molar-refractivity contribution in [2.45, 2.75) is 37.2 Å². The molecular formula is C19H22O5S. The third kappa shape index (κ3) is 5.69. The number of esters is 1. The highest BCUT2D eigenvalue weighted by molar-refractivity contribution is 7.86. The van der Waals surface area contributed by atoms with Gasteiger partial charge in [-0.2, -0.15) is 8.42 Å². The Balaban J connectivity index is 2.04. The van der Waals surface area contributed by atoms with Crippen molar-refractivity contribution in [3.63, 3.8) is 0 Å². The number of methoxy groups -OCH3 is 1. The van der Waals surface area contributed by atoms with Gasteiger partial charge in [-0.25, -0.2) is 4.79 Å². The molecule has 2 aromatic carbocycles. The molecule has 0 N–H and O–H groups in total. The van der Waals surface area contributed by atoms with E-state index in [0.29, 0.717) is 6.42 Å². The van der Waals surface area contributed by atoms with Crippen LogP contribution in [0, 0.1) is 6.92 Å². The zero-order valence-electron chi connectivity index (χ0n) is 14.3. The lowest BCUT2D eigenvalue weighted by Gasteiger charge is -2.15. The monoisotopic (exact) mass is 362 g/mol. The van der Waals surface area contributed by atoms with E-state index < -0.39 is 22.2 Å². The van der Waals surface area contributed by atoms with Gasteiger partial charge < -0.3 is 4.74 Å². The van der Waals surface area contributed by atoms with Crippen molar-refractivity contribution >= 4 is 16.1 Å². The normalized spacial score (nSPS) is 12.6. The summed E-state index contributed by atoms with van der Waals surface area (Å²) in [5, 5.41) is 0. The van der Waals surface area contributed by atoms with Gasteiger partial charge in [0.1, 0.15) is 0 Å². The number of aryl methyl sites for hydroxylation is 2. The molecule has 0 bridgehead atoms. The number of hydrogen-bond acceptors (Lipinski definition) is 5. The molecule has 0 aliphatic heterocycles. The van der Waals surface area contributed by atoms with Gasteiger partial charge in [0, 0.05) is 0 Å². The number of hydrogen-bond donors (Lipinski definition) is 0. The van der Waals surface area contributed by atoms with Gasteiger partial charge in [0.2, 0.25) is 0 Å². The Morgan fingerprint density at radius 3 is 2.28 bits per heavy atom. The van der Waals surface area contributed by atoms with Crippen molar-refractivity contribution in [3.8, 4) is 0 Å². The average Bonchev–Trinajstić information content (AvgIpc) is 2.61. The highest BCUT2D eigenvalue weighted by Gasteiger charge is 2.28. The van der Waals surface area contributed by atoms with E-state index in [2.05, 4.69) is 4.74 Å². The van der Waals surface area contributed by atoms with Crippen LogP contribution >= 0.6 is 0 Å². The number of ether oxygens (including phenoxy) is 1. The van der Waals surface area contributed by atoms with E-state index in [4.69, 9.17) is 4.18 Å². The topological polar surface area (TPSA) is 69.7 Å². The largest absolute Gasteiger partial charge is 0.467 e.